The Hall–Kier alpha value is -2.01. The Morgan fingerprint density at radius 2 is 2.32 bits per heavy atom. The predicted molar refractivity (Wildman–Crippen MR) is 86.0 cm³/mol. The highest BCUT2D eigenvalue weighted by Crippen LogP contribution is 2.43. The third-order valence-corrected chi connectivity index (χ3v) is 4.18. The second-order valence-corrected chi connectivity index (χ2v) is 6.16. The summed E-state index contributed by atoms with van der Waals surface area (Å²) in [7, 11) is 0. The minimum atomic E-state index is -0.132. The summed E-state index contributed by atoms with van der Waals surface area (Å²) in [6.45, 7) is 2.67. The van der Waals surface area contributed by atoms with Crippen LogP contribution in [-0.4, -0.2) is 27.7 Å². The number of nitrogens with one attached hydrogen (secondary N) is 2. The first-order chi connectivity index (χ1) is 10.6. The predicted octanol–water partition coefficient (Wildman–Crippen LogP) is 2.78. The molecule has 1 aliphatic rings. The number of carbonyl (C=O) groups excluding carboxylic acids is 1. The fourth-order valence-corrected chi connectivity index (χ4v) is 2.94. The first-order valence-corrected chi connectivity index (χ1v) is 7.78. The van der Waals surface area contributed by atoms with E-state index in [1.54, 1.807) is 12.5 Å². The molecule has 0 saturated heterocycles. The van der Waals surface area contributed by atoms with E-state index in [2.05, 4.69) is 15.6 Å². The van der Waals surface area contributed by atoms with E-state index in [1.807, 2.05) is 42.0 Å². The molecule has 1 aromatic heterocycles. The molecular weight excluding hydrogens is 300 g/mol. The minimum absolute atomic E-state index is 0.0340. The summed E-state index contributed by atoms with van der Waals surface area (Å²) in [5, 5.41) is 6.72. The largest absolute Gasteiger partial charge is 0.335 e. The number of imidazole rings is 1. The van der Waals surface area contributed by atoms with Crippen molar-refractivity contribution in [2.24, 2.45) is 0 Å². The zero-order valence-corrected chi connectivity index (χ0v) is 13.1. The molecule has 1 saturated carbocycles. The summed E-state index contributed by atoms with van der Waals surface area (Å²) in [6, 6.07) is 7.87. The zero-order valence-electron chi connectivity index (χ0n) is 12.4. The molecule has 5 nitrogen and oxygen atoms in total. The van der Waals surface area contributed by atoms with Crippen LogP contribution in [0.3, 0.4) is 0 Å². The molecule has 2 aromatic rings. The van der Waals surface area contributed by atoms with E-state index in [-0.39, 0.29) is 18.1 Å². The van der Waals surface area contributed by atoms with Crippen molar-refractivity contribution < 1.29 is 4.79 Å². The van der Waals surface area contributed by atoms with Crippen LogP contribution in [0.2, 0.25) is 5.02 Å². The van der Waals surface area contributed by atoms with Crippen molar-refractivity contribution >= 4 is 17.6 Å². The normalized spacial score (nSPS) is 21.2. The highest BCUT2D eigenvalue weighted by atomic mass is 35.5. The lowest BCUT2D eigenvalue weighted by atomic mass is 10.1. The third kappa shape index (κ3) is 3.60. The molecule has 1 fully saturated rings. The molecule has 2 amide bonds. The first-order valence-electron chi connectivity index (χ1n) is 7.40. The number of urea groups is 1. The number of nitrogens with zero attached hydrogens (tertiary/aromatic N) is 2. The van der Waals surface area contributed by atoms with Crippen LogP contribution in [0.25, 0.3) is 0 Å². The number of amides is 2. The van der Waals surface area contributed by atoms with Crippen molar-refractivity contribution in [1.29, 1.82) is 0 Å². The van der Waals surface area contributed by atoms with Crippen LogP contribution in [0.5, 0.6) is 0 Å². The molecule has 3 unspecified atom stereocenters. The number of hydrogen-bond donors (Lipinski definition) is 2. The second kappa shape index (κ2) is 6.40. The molecule has 0 radical (unpaired) electrons. The molecule has 3 atom stereocenters. The van der Waals surface area contributed by atoms with Crippen LogP contribution < -0.4 is 10.6 Å². The van der Waals surface area contributed by atoms with Crippen LogP contribution in [0.1, 0.15) is 24.8 Å². The van der Waals surface area contributed by atoms with Crippen molar-refractivity contribution in [2.75, 3.05) is 0 Å². The number of benzene rings is 1. The van der Waals surface area contributed by atoms with E-state index in [1.165, 1.54) is 0 Å². The van der Waals surface area contributed by atoms with Gasteiger partial charge in [0.25, 0.3) is 0 Å². The van der Waals surface area contributed by atoms with Gasteiger partial charge in [-0.2, -0.15) is 0 Å². The molecule has 1 aliphatic carbocycles. The van der Waals surface area contributed by atoms with Gasteiger partial charge in [-0.3, -0.25) is 0 Å². The Kier molecular flexibility index (Phi) is 4.34. The van der Waals surface area contributed by atoms with Gasteiger partial charge in [0.2, 0.25) is 0 Å². The lowest BCUT2D eigenvalue weighted by Crippen LogP contribution is -2.43. The summed E-state index contributed by atoms with van der Waals surface area (Å²) < 4.78 is 1.94. The Morgan fingerprint density at radius 3 is 3.05 bits per heavy atom. The molecule has 22 heavy (non-hydrogen) atoms. The minimum Gasteiger partial charge on any atom is -0.335 e. The van der Waals surface area contributed by atoms with Crippen LogP contribution >= 0.6 is 11.6 Å². The number of hydrogen-bond acceptors (Lipinski definition) is 2. The molecule has 116 valence electrons. The van der Waals surface area contributed by atoms with Crippen molar-refractivity contribution in [2.45, 2.75) is 37.9 Å². The van der Waals surface area contributed by atoms with E-state index < -0.39 is 0 Å². The van der Waals surface area contributed by atoms with Gasteiger partial charge >= 0.3 is 6.03 Å². The average molecular weight is 319 g/mol. The Balaban J connectivity index is 1.46. The molecule has 0 bridgehead atoms. The Morgan fingerprint density at radius 1 is 1.50 bits per heavy atom. The fraction of sp³-hybridized carbons (Fsp3) is 0.375. The SMILES string of the molecule is CC(Cn1ccnc1)NC(=O)NC1CC1c1ccccc1Cl. The highest BCUT2D eigenvalue weighted by molar-refractivity contribution is 6.31. The quantitative estimate of drug-likeness (QED) is 0.890. The smallest absolute Gasteiger partial charge is 0.315 e. The first kappa shape index (κ1) is 14.9. The van der Waals surface area contributed by atoms with Gasteiger partial charge in [0, 0.05) is 42.0 Å². The molecule has 1 heterocycles. The molecule has 0 spiro atoms. The lowest BCUT2D eigenvalue weighted by molar-refractivity contribution is 0.236. The van der Waals surface area contributed by atoms with E-state index in [4.69, 9.17) is 11.6 Å². The fourth-order valence-electron chi connectivity index (χ4n) is 2.66. The molecule has 1 aromatic carbocycles. The summed E-state index contributed by atoms with van der Waals surface area (Å²) in [6.07, 6.45) is 6.28. The van der Waals surface area contributed by atoms with Crippen molar-refractivity contribution in [1.82, 2.24) is 20.2 Å². The lowest BCUT2D eigenvalue weighted by Gasteiger charge is -2.15. The molecule has 3 rings (SSSR count). The Labute approximate surface area is 134 Å². The van der Waals surface area contributed by atoms with Gasteiger partial charge in [0.1, 0.15) is 0 Å². The number of halogens is 1. The monoisotopic (exact) mass is 318 g/mol. The third-order valence-electron chi connectivity index (χ3n) is 3.83. The zero-order chi connectivity index (χ0) is 15.5. The van der Waals surface area contributed by atoms with E-state index in [0.29, 0.717) is 12.5 Å². The van der Waals surface area contributed by atoms with Crippen molar-refractivity contribution in [3.8, 4) is 0 Å². The van der Waals surface area contributed by atoms with Gasteiger partial charge in [-0.05, 0) is 25.0 Å². The highest BCUT2D eigenvalue weighted by Gasteiger charge is 2.40. The molecule has 0 aliphatic heterocycles. The maximum absolute atomic E-state index is 12.0. The topological polar surface area (TPSA) is 59.0 Å². The molecule has 2 N–H and O–H groups in total. The summed E-state index contributed by atoms with van der Waals surface area (Å²) in [4.78, 5) is 16.0. The van der Waals surface area contributed by atoms with Crippen LogP contribution in [0.15, 0.2) is 43.0 Å². The van der Waals surface area contributed by atoms with Gasteiger partial charge in [0.15, 0.2) is 0 Å². The molecule has 6 heteroatoms. The summed E-state index contributed by atoms with van der Waals surface area (Å²) in [5.74, 6) is 0.323. The van der Waals surface area contributed by atoms with Crippen LogP contribution in [0, 0.1) is 0 Å². The average Bonchev–Trinajstić information content (AvgIpc) is 3.02. The summed E-state index contributed by atoms with van der Waals surface area (Å²) in [5.41, 5.74) is 1.11. The number of aromatic nitrogens is 2. The van der Waals surface area contributed by atoms with E-state index in [9.17, 15) is 4.79 Å². The maximum atomic E-state index is 12.0. The Bertz CT molecular complexity index is 643. The summed E-state index contributed by atoms with van der Waals surface area (Å²) >= 11 is 6.19. The second-order valence-electron chi connectivity index (χ2n) is 5.75. The standard InChI is InChI=1S/C16H19ClN4O/c1-11(9-21-7-6-18-10-21)19-16(22)20-15-8-13(15)12-4-2-3-5-14(12)17/h2-7,10-11,13,15H,8-9H2,1H3,(H2,19,20,22). The van der Waals surface area contributed by atoms with Gasteiger partial charge in [0.05, 0.1) is 6.33 Å². The van der Waals surface area contributed by atoms with Crippen molar-refractivity contribution in [3.63, 3.8) is 0 Å². The maximum Gasteiger partial charge on any atom is 0.315 e. The van der Waals surface area contributed by atoms with E-state index in [0.717, 1.165) is 17.0 Å². The van der Waals surface area contributed by atoms with Crippen LogP contribution in [-0.2, 0) is 6.54 Å². The molecular formula is C16H19ClN4O. The number of carbonyl (C=O) groups is 1. The van der Waals surface area contributed by atoms with Crippen molar-refractivity contribution in [3.05, 3.63) is 53.6 Å². The van der Waals surface area contributed by atoms with Crippen LogP contribution in [0.4, 0.5) is 4.79 Å². The van der Waals surface area contributed by atoms with Gasteiger partial charge in [-0.1, -0.05) is 29.8 Å². The van der Waals surface area contributed by atoms with E-state index >= 15 is 0 Å². The number of rotatable bonds is 5. The van der Waals surface area contributed by atoms with Gasteiger partial charge in [-0.25, -0.2) is 9.78 Å². The van der Waals surface area contributed by atoms with Gasteiger partial charge in [-0.15, -0.1) is 0 Å². The van der Waals surface area contributed by atoms with Gasteiger partial charge < -0.3 is 15.2 Å².